The number of benzene rings is 3. The third-order valence-electron chi connectivity index (χ3n) is 5.79. The van der Waals surface area contributed by atoms with E-state index < -0.39 is 29.3 Å². The van der Waals surface area contributed by atoms with E-state index in [2.05, 4.69) is 0 Å². The van der Waals surface area contributed by atoms with Crippen LogP contribution in [0.15, 0.2) is 60.2 Å². The standard InChI is InChI=1S/C26H20Cl2FNO6/c1-34-14-10-8-13(9-11-14)30-21(15-6-4-5-7-18(15)29)19(23(32)26(30)33)22(31)16-12-17(27)25(36-3)20(28)24(16)35-2/h4-12,21,31H,1-3H3/b22-19+. The first-order valence-corrected chi connectivity index (χ1v) is 11.3. The van der Waals surface area contributed by atoms with Crippen molar-refractivity contribution in [2.24, 2.45) is 0 Å². The van der Waals surface area contributed by atoms with E-state index in [0.29, 0.717) is 11.4 Å². The summed E-state index contributed by atoms with van der Waals surface area (Å²) in [6.07, 6.45) is 0. The second-order valence-electron chi connectivity index (χ2n) is 7.68. The molecule has 0 saturated carbocycles. The van der Waals surface area contributed by atoms with Crippen molar-refractivity contribution in [1.29, 1.82) is 0 Å². The van der Waals surface area contributed by atoms with Crippen molar-refractivity contribution in [3.8, 4) is 17.2 Å². The predicted molar refractivity (Wildman–Crippen MR) is 134 cm³/mol. The molecule has 36 heavy (non-hydrogen) atoms. The van der Waals surface area contributed by atoms with E-state index in [1.54, 1.807) is 30.3 Å². The average molecular weight is 532 g/mol. The lowest BCUT2D eigenvalue weighted by atomic mass is 9.94. The van der Waals surface area contributed by atoms with E-state index in [4.69, 9.17) is 37.4 Å². The van der Waals surface area contributed by atoms with Crippen LogP contribution in [0.4, 0.5) is 10.1 Å². The molecule has 1 aliphatic heterocycles. The highest BCUT2D eigenvalue weighted by Gasteiger charge is 2.48. The first-order valence-electron chi connectivity index (χ1n) is 10.5. The smallest absolute Gasteiger partial charge is 0.300 e. The third-order valence-corrected chi connectivity index (χ3v) is 6.41. The number of aliphatic hydroxyl groups is 1. The molecular weight excluding hydrogens is 512 g/mol. The summed E-state index contributed by atoms with van der Waals surface area (Å²) in [6.45, 7) is 0. The van der Waals surface area contributed by atoms with Crippen LogP contribution in [0.2, 0.25) is 10.0 Å². The van der Waals surface area contributed by atoms with E-state index in [9.17, 15) is 14.7 Å². The molecule has 1 N–H and O–H groups in total. The van der Waals surface area contributed by atoms with Crippen LogP contribution in [-0.4, -0.2) is 38.1 Å². The molecule has 0 radical (unpaired) electrons. The van der Waals surface area contributed by atoms with Crippen molar-refractivity contribution < 1.29 is 33.3 Å². The van der Waals surface area contributed by atoms with Crippen LogP contribution >= 0.6 is 23.2 Å². The van der Waals surface area contributed by atoms with Gasteiger partial charge in [0.2, 0.25) is 0 Å². The van der Waals surface area contributed by atoms with Crippen molar-refractivity contribution in [2.75, 3.05) is 26.2 Å². The van der Waals surface area contributed by atoms with Gasteiger partial charge in [0.25, 0.3) is 11.7 Å². The number of rotatable bonds is 6. The highest BCUT2D eigenvalue weighted by Crippen LogP contribution is 2.48. The minimum Gasteiger partial charge on any atom is -0.507 e. The topological polar surface area (TPSA) is 85.3 Å². The molecule has 3 aromatic rings. The third kappa shape index (κ3) is 4.12. The Hall–Kier alpha value is -3.75. The molecule has 7 nitrogen and oxygen atoms in total. The molecule has 10 heteroatoms. The van der Waals surface area contributed by atoms with Crippen LogP contribution in [0.25, 0.3) is 5.76 Å². The SMILES string of the molecule is COc1ccc(N2C(=O)C(=O)/C(=C(/O)c3cc(Cl)c(OC)c(Cl)c3OC)C2c2ccccc2F)cc1. The number of anilines is 1. The number of amides is 1. The van der Waals surface area contributed by atoms with Crippen molar-refractivity contribution in [2.45, 2.75) is 6.04 Å². The van der Waals surface area contributed by atoms with Crippen LogP contribution in [-0.2, 0) is 9.59 Å². The van der Waals surface area contributed by atoms with Gasteiger partial charge in [-0.3, -0.25) is 14.5 Å². The highest BCUT2D eigenvalue weighted by atomic mass is 35.5. The quantitative estimate of drug-likeness (QED) is 0.246. The number of hydrogen-bond acceptors (Lipinski definition) is 6. The Morgan fingerprint density at radius 1 is 0.944 bits per heavy atom. The fraction of sp³-hybridized carbons (Fsp3) is 0.154. The number of carbonyl (C=O) groups excluding carboxylic acids is 2. The molecule has 1 aliphatic rings. The Morgan fingerprint density at radius 2 is 1.58 bits per heavy atom. The summed E-state index contributed by atoms with van der Waals surface area (Å²) < 4.78 is 30.8. The molecule has 0 spiro atoms. The molecule has 3 aromatic carbocycles. The van der Waals surface area contributed by atoms with Gasteiger partial charge in [0, 0.05) is 11.3 Å². The number of hydrogen-bond donors (Lipinski definition) is 1. The molecule has 1 amide bonds. The van der Waals surface area contributed by atoms with Crippen LogP contribution in [0.1, 0.15) is 17.2 Å². The largest absolute Gasteiger partial charge is 0.507 e. The van der Waals surface area contributed by atoms with E-state index in [0.717, 1.165) is 4.90 Å². The van der Waals surface area contributed by atoms with Gasteiger partial charge in [0.15, 0.2) is 11.5 Å². The number of aliphatic hydroxyl groups excluding tert-OH is 1. The van der Waals surface area contributed by atoms with Crippen LogP contribution in [0.3, 0.4) is 0 Å². The second-order valence-corrected chi connectivity index (χ2v) is 8.46. The minimum atomic E-state index is -1.30. The monoisotopic (exact) mass is 531 g/mol. The maximum atomic E-state index is 15.1. The first kappa shape index (κ1) is 25.3. The molecule has 1 atom stereocenters. The number of carbonyl (C=O) groups is 2. The maximum absolute atomic E-state index is 15.1. The van der Waals surface area contributed by atoms with Gasteiger partial charge in [-0.05, 0) is 36.4 Å². The average Bonchev–Trinajstić information content (AvgIpc) is 3.14. The van der Waals surface area contributed by atoms with Crippen LogP contribution in [0.5, 0.6) is 17.2 Å². The van der Waals surface area contributed by atoms with Gasteiger partial charge < -0.3 is 19.3 Å². The summed E-state index contributed by atoms with van der Waals surface area (Å²) in [6, 6.07) is 12.0. The molecule has 186 valence electrons. The molecular formula is C26H20Cl2FNO6. The van der Waals surface area contributed by atoms with Crippen molar-refractivity contribution in [3.05, 3.63) is 87.2 Å². The lowest BCUT2D eigenvalue weighted by Gasteiger charge is -2.26. The van der Waals surface area contributed by atoms with Gasteiger partial charge in [-0.15, -0.1) is 0 Å². The van der Waals surface area contributed by atoms with Gasteiger partial charge in [0.1, 0.15) is 22.3 Å². The van der Waals surface area contributed by atoms with E-state index in [-0.39, 0.29) is 38.2 Å². The number of ketones is 1. The number of methoxy groups -OCH3 is 3. The van der Waals surface area contributed by atoms with Gasteiger partial charge in [0.05, 0.1) is 43.5 Å². The summed E-state index contributed by atoms with van der Waals surface area (Å²) in [4.78, 5) is 27.7. The fourth-order valence-electron chi connectivity index (χ4n) is 4.12. The summed E-state index contributed by atoms with van der Waals surface area (Å²) in [5, 5.41) is 11.4. The van der Waals surface area contributed by atoms with Gasteiger partial charge in [-0.25, -0.2) is 4.39 Å². The highest BCUT2D eigenvalue weighted by molar-refractivity contribution is 6.52. The number of ether oxygens (including phenoxy) is 3. The lowest BCUT2D eigenvalue weighted by Crippen LogP contribution is -2.29. The van der Waals surface area contributed by atoms with Crippen LogP contribution < -0.4 is 19.1 Å². The normalized spacial score (nSPS) is 16.8. The van der Waals surface area contributed by atoms with Crippen molar-refractivity contribution >= 4 is 46.3 Å². The summed E-state index contributed by atoms with van der Waals surface area (Å²) in [5.74, 6) is -2.73. The van der Waals surface area contributed by atoms with Crippen molar-refractivity contribution in [3.63, 3.8) is 0 Å². The first-order chi connectivity index (χ1) is 17.2. The molecule has 1 heterocycles. The molecule has 4 rings (SSSR count). The Kier molecular flexibility index (Phi) is 7.10. The number of halogens is 3. The maximum Gasteiger partial charge on any atom is 0.300 e. The van der Waals surface area contributed by atoms with E-state index in [1.165, 1.54) is 45.6 Å². The van der Waals surface area contributed by atoms with Crippen LogP contribution in [0, 0.1) is 5.82 Å². The van der Waals surface area contributed by atoms with Gasteiger partial charge in [-0.2, -0.15) is 0 Å². The van der Waals surface area contributed by atoms with Gasteiger partial charge in [-0.1, -0.05) is 41.4 Å². The van der Waals surface area contributed by atoms with E-state index >= 15 is 4.39 Å². The Labute approximate surface area is 216 Å². The zero-order chi connectivity index (χ0) is 26.1. The zero-order valence-corrected chi connectivity index (χ0v) is 20.9. The van der Waals surface area contributed by atoms with E-state index in [1.807, 2.05) is 0 Å². The molecule has 0 aromatic heterocycles. The van der Waals surface area contributed by atoms with Gasteiger partial charge >= 0.3 is 0 Å². The second kappa shape index (κ2) is 10.1. The molecule has 1 saturated heterocycles. The Balaban J connectivity index is 2.01. The molecule has 1 unspecified atom stereocenters. The zero-order valence-electron chi connectivity index (χ0n) is 19.3. The molecule has 0 aliphatic carbocycles. The summed E-state index contributed by atoms with van der Waals surface area (Å²) in [5.41, 5.74) is -0.138. The molecule has 1 fully saturated rings. The predicted octanol–water partition coefficient (Wildman–Crippen LogP) is 5.78. The fourth-order valence-corrected chi connectivity index (χ4v) is 4.81. The number of nitrogens with zero attached hydrogens (tertiary/aromatic N) is 1. The lowest BCUT2D eigenvalue weighted by molar-refractivity contribution is -0.132. The Morgan fingerprint density at radius 3 is 2.17 bits per heavy atom. The Bertz CT molecular complexity index is 1390. The number of Topliss-reactive ketones (excluding diaryl/α,β-unsaturated/α-hetero) is 1. The minimum absolute atomic E-state index is 0.00117. The van der Waals surface area contributed by atoms with Crippen molar-refractivity contribution in [1.82, 2.24) is 0 Å². The summed E-state index contributed by atoms with van der Waals surface area (Å²) >= 11 is 12.6. The summed E-state index contributed by atoms with van der Waals surface area (Å²) in [7, 11) is 4.14. The molecule has 0 bridgehead atoms.